The number of hydrogen-bond donors (Lipinski definition) is 2. The standard InChI is InChI=1S/C10H12Cl2N2O3/c11-7-1-2-8(12)13-9(7)10(17)14(3-5-15)4-6-16/h1-2,15-16H,3-6H2. The van der Waals surface area contributed by atoms with Gasteiger partial charge in [-0.3, -0.25) is 4.79 Å². The summed E-state index contributed by atoms with van der Waals surface area (Å²) in [6.07, 6.45) is 0. The lowest BCUT2D eigenvalue weighted by Crippen LogP contribution is -2.36. The van der Waals surface area contributed by atoms with Gasteiger partial charge in [-0.1, -0.05) is 23.2 Å². The van der Waals surface area contributed by atoms with Crippen molar-refractivity contribution in [1.29, 1.82) is 0 Å². The summed E-state index contributed by atoms with van der Waals surface area (Å²) in [5, 5.41) is 18.0. The van der Waals surface area contributed by atoms with Crippen LogP contribution in [-0.4, -0.2) is 52.3 Å². The number of aromatic nitrogens is 1. The van der Waals surface area contributed by atoms with E-state index in [9.17, 15) is 4.79 Å². The zero-order valence-corrected chi connectivity index (χ0v) is 10.4. The van der Waals surface area contributed by atoms with E-state index in [4.69, 9.17) is 33.4 Å². The molecule has 0 bridgehead atoms. The lowest BCUT2D eigenvalue weighted by atomic mass is 10.3. The second-order valence-corrected chi connectivity index (χ2v) is 4.00. The molecule has 0 aliphatic carbocycles. The van der Waals surface area contributed by atoms with Crippen LogP contribution in [0.3, 0.4) is 0 Å². The number of carbonyl (C=O) groups excluding carboxylic acids is 1. The highest BCUT2D eigenvalue weighted by molar-refractivity contribution is 6.34. The molecular weight excluding hydrogens is 267 g/mol. The van der Waals surface area contributed by atoms with Gasteiger partial charge in [0.15, 0.2) is 0 Å². The molecule has 94 valence electrons. The van der Waals surface area contributed by atoms with Crippen molar-refractivity contribution in [3.05, 3.63) is 28.0 Å². The van der Waals surface area contributed by atoms with Gasteiger partial charge in [0.1, 0.15) is 10.8 Å². The lowest BCUT2D eigenvalue weighted by molar-refractivity contribution is 0.0679. The van der Waals surface area contributed by atoms with Crippen LogP contribution in [0.4, 0.5) is 0 Å². The number of carbonyl (C=O) groups is 1. The SMILES string of the molecule is O=C(c1nc(Cl)ccc1Cl)N(CCO)CCO. The summed E-state index contributed by atoms with van der Waals surface area (Å²) in [5.74, 6) is -0.472. The van der Waals surface area contributed by atoms with Gasteiger partial charge >= 0.3 is 0 Å². The molecule has 0 fully saturated rings. The van der Waals surface area contributed by atoms with Crippen LogP contribution in [0.5, 0.6) is 0 Å². The van der Waals surface area contributed by atoms with E-state index in [-0.39, 0.29) is 42.2 Å². The zero-order valence-electron chi connectivity index (χ0n) is 8.94. The minimum Gasteiger partial charge on any atom is -0.395 e. The molecule has 0 saturated carbocycles. The monoisotopic (exact) mass is 278 g/mol. The van der Waals surface area contributed by atoms with Gasteiger partial charge in [-0.05, 0) is 12.1 Å². The molecule has 1 aromatic rings. The highest BCUT2D eigenvalue weighted by Gasteiger charge is 2.19. The summed E-state index contributed by atoms with van der Waals surface area (Å²) in [7, 11) is 0. The van der Waals surface area contributed by atoms with Gasteiger partial charge < -0.3 is 15.1 Å². The van der Waals surface area contributed by atoms with Crippen molar-refractivity contribution in [1.82, 2.24) is 9.88 Å². The zero-order chi connectivity index (χ0) is 12.8. The number of pyridine rings is 1. The maximum atomic E-state index is 12.0. The third-order valence-corrected chi connectivity index (χ3v) is 2.56. The second kappa shape index (κ2) is 6.76. The summed E-state index contributed by atoms with van der Waals surface area (Å²) in [4.78, 5) is 17.1. The van der Waals surface area contributed by atoms with Crippen LogP contribution < -0.4 is 0 Å². The van der Waals surface area contributed by atoms with Crippen LogP contribution in [0.2, 0.25) is 10.2 Å². The van der Waals surface area contributed by atoms with Gasteiger partial charge in [-0.15, -0.1) is 0 Å². The Bertz CT molecular complexity index is 395. The van der Waals surface area contributed by atoms with E-state index in [0.29, 0.717) is 0 Å². The maximum Gasteiger partial charge on any atom is 0.274 e. The minimum absolute atomic E-state index is 0.0149. The van der Waals surface area contributed by atoms with Gasteiger partial charge in [-0.25, -0.2) is 4.98 Å². The van der Waals surface area contributed by atoms with E-state index in [1.807, 2.05) is 0 Å². The highest BCUT2D eigenvalue weighted by atomic mass is 35.5. The Morgan fingerprint density at radius 1 is 1.24 bits per heavy atom. The van der Waals surface area contributed by atoms with Gasteiger partial charge in [0.25, 0.3) is 5.91 Å². The number of aliphatic hydroxyl groups is 2. The van der Waals surface area contributed by atoms with Crippen molar-refractivity contribution < 1.29 is 15.0 Å². The smallest absolute Gasteiger partial charge is 0.274 e. The number of nitrogens with zero attached hydrogens (tertiary/aromatic N) is 2. The summed E-state index contributed by atoms with van der Waals surface area (Å²) < 4.78 is 0. The Kier molecular flexibility index (Phi) is 5.64. The van der Waals surface area contributed by atoms with Crippen molar-refractivity contribution >= 4 is 29.1 Å². The average Bonchev–Trinajstić information content (AvgIpc) is 2.31. The molecule has 0 radical (unpaired) electrons. The fourth-order valence-corrected chi connectivity index (χ4v) is 1.61. The lowest BCUT2D eigenvalue weighted by Gasteiger charge is -2.20. The predicted octanol–water partition coefficient (Wildman–Crippen LogP) is 0.815. The quantitative estimate of drug-likeness (QED) is 0.782. The van der Waals surface area contributed by atoms with E-state index < -0.39 is 5.91 Å². The molecule has 5 nitrogen and oxygen atoms in total. The van der Waals surface area contributed by atoms with Crippen LogP contribution >= 0.6 is 23.2 Å². The van der Waals surface area contributed by atoms with Crippen LogP contribution in [0.25, 0.3) is 0 Å². The van der Waals surface area contributed by atoms with E-state index in [1.165, 1.54) is 17.0 Å². The van der Waals surface area contributed by atoms with Crippen LogP contribution in [0, 0.1) is 0 Å². The molecule has 0 unspecified atom stereocenters. The Morgan fingerprint density at radius 2 is 1.82 bits per heavy atom. The maximum absolute atomic E-state index is 12.0. The molecule has 0 spiro atoms. The van der Waals surface area contributed by atoms with Crippen LogP contribution in [-0.2, 0) is 0 Å². The first kappa shape index (κ1) is 14.2. The summed E-state index contributed by atoms with van der Waals surface area (Å²) in [6, 6.07) is 2.95. The summed E-state index contributed by atoms with van der Waals surface area (Å²) >= 11 is 11.5. The molecule has 7 heteroatoms. The first-order chi connectivity index (χ1) is 8.10. The third kappa shape index (κ3) is 3.81. The van der Waals surface area contributed by atoms with E-state index >= 15 is 0 Å². The second-order valence-electron chi connectivity index (χ2n) is 3.20. The third-order valence-electron chi connectivity index (χ3n) is 2.04. The molecule has 0 aromatic carbocycles. The molecule has 1 amide bonds. The Morgan fingerprint density at radius 3 is 2.35 bits per heavy atom. The molecule has 0 aliphatic heterocycles. The topological polar surface area (TPSA) is 73.7 Å². The molecule has 1 rings (SSSR count). The molecule has 2 N–H and O–H groups in total. The molecule has 17 heavy (non-hydrogen) atoms. The van der Waals surface area contributed by atoms with Crippen LogP contribution in [0.15, 0.2) is 12.1 Å². The fraction of sp³-hybridized carbons (Fsp3) is 0.400. The first-order valence-corrected chi connectivity index (χ1v) is 5.68. The van der Waals surface area contributed by atoms with Gasteiger partial charge in [0, 0.05) is 13.1 Å². The number of halogens is 2. The van der Waals surface area contributed by atoms with Crippen molar-refractivity contribution in [2.75, 3.05) is 26.3 Å². The number of aliphatic hydroxyl groups excluding tert-OH is 2. The number of amides is 1. The molecule has 1 heterocycles. The van der Waals surface area contributed by atoms with Crippen molar-refractivity contribution in [3.8, 4) is 0 Å². The number of hydrogen-bond acceptors (Lipinski definition) is 4. The van der Waals surface area contributed by atoms with Crippen molar-refractivity contribution in [2.24, 2.45) is 0 Å². The Labute approximate surface area is 109 Å². The first-order valence-electron chi connectivity index (χ1n) is 4.93. The summed E-state index contributed by atoms with van der Waals surface area (Å²) in [5.41, 5.74) is 0.0149. The highest BCUT2D eigenvalue weighted by Crippen LogP contribution is 2.18. The van der Waals surface area contributed by atoms with Gasteiger partial charge in [0.2, 0.25) is 0 Å². The molecule has 0 aliphatic rings. The van der Waals surface area contributed by atoms with Crippen molar-refractivity contribution in [2.45, 2.75) is 0 Å². The largest absolute Gasteiger partial charge is 0.395 e. The Balaban J connectivity index is 2.95. The van der Waals surface area contributed by atoms with E-state index in [0.717, 1.165) is 0 Å². The summed E-state index contributed by atoms with van der Waals surface area (Å²) in [6.45, 7) is -0.207. The van der Waals surface area contributed by atoms with Crippen molar-refractivity contribution in [3.63, 3.8) is 0 Å². The molecule has 1 aromatic heterocycles. The van der Waals surface area contributed by atoms with Gasteiger partial charge in [0.05, 0.1) is 18.2 Å². The van der Waals surface area contributed by atoms with E-state index in [2.05, 4.69) is 4.98 Å². The normalized spacial score (nSPS) is 10.4. The van der Waals surface area contributed by atoms with Crippen LogP contribution in [0.1, 0.15) is 10.5 Å². The fourth-order valence-electron chi connectivity index (χ4n) is 1.27. The average molecular weight is 279 g/mol. The number of rotatable bonds is 5. The molecular formula is C10H12Cl2N2O3. The van der Waals surface area contributed by atoms with E-state index in [1.54, 1.807) is 0 Å². The molecule has 0 atom stereocenters. The Hall–Kier alpha value is -0.880. The molecule has 0 saturated heterocycles. The van der Waals surface area contributed by atoms with Gasteiger partial charge in [-0.2, -0.15) is 0 Å². The minimum atomic E-state index is -0.472. The predicted molar refractivity (Wildman–Crippen MR) is 64.3 cm³/mol.